The molecule has 10 rings (SSSR count). The van der Waals surface area contributed by atoms with Crippen LogP contribution in [0.25, 0.3) is 98.2 Å². The summed E-state index contributed by atoms with van der Waals surface area (Å²) < 4.78 is 2.61. The van der Waals surface area contributed by atoms with E-state index in [4.69, 9.17) is 9.97 Å². The Morgan fingerprint density at radius 1 is 0.302 bits per heavy atom. The second-order valence-corrected chi connectivity index (χ2v) is 14.5. The average Bonchev–Trinajstić information content (AvgIpc) is 3.62. The van der Waals surface area contributed by atoms with Gasteiger partial charge in [0.1, 0.15) is 0 Å². The van der Waals surface area contributed by atoms with Gasteiger partial charge in [-0.05, 0) is 86.6 Å². The van der Waals surface area contributed by atoms with Crippen LogP contribution in [0, 0.1) is 0 Å². The van der Waals surface area contributed by atoms with Crippen molar-refractivity contribution < 1.29 is 0 Å². The van der Waals surface area contributed by atoms with Gasteiger partial charge in [-0.15, -0.1) is 11.3 Å². The number of nitrogens with zero attached hydrogens (tertiary/aromatic N) is 2. The molecular weight excluding hydrogens is 661 g/mol. The van der Waals surface area contributed by atoms with Crippen molar-refractivity contribution in [1.29, 1.82) is 0 Å². The third-order valence-electron chi connectivity index (χ3n) is 10.1. The van der Waals surface area contributed by atoms with Gasteiger partial charge in [0, 0.05) is 36.9 Å². The monoisotopic (exact) mass is 692 g/mol. The molecule has 248 valence electrons. The fourth-order valence-corrected chi connectivity index (χ4v) is 8.48. The largest absolute Gasteiger partial charge is 0.228 e. The van der Waals surface area contributed by atoms with Gasteiger partial charge in [0.2, 0.25) is 0 Å². The van der Waals surface area contributed by atoms with E-state index in [0.29, 0.717) is 5.82 Å². The van der Waals surface area contributed by atoms with Crippen LogP contribution in [-0.4, -0.2) is 9.97 Å². The molecule has 3 heteroatoms. The van der Waals surface area contributed by atoms with Gasteiger partial charge in [0.25, 0.3) is 0 Å². The van der Waals surface area contributed by atoms with Gasteiger partial charge in [-0.3, -0.25) is 0 Å². The number of hydrogen-bond acceptors (Lipinski definition) is 3. The number of benzene rings is 8. The molecule has 0 atom stereocenters. The topological polar surface area (TPSA) is 25.8 Å². The number of fused-ring (bicyclic) bond motifs is 4. The average molecular weight is 693 g/mol. The van der Waals surface area contributed by atoms with Crippen molar-refractivity contribution in [3.8, 4) is 67.3 Å². The maximum absolute atomic E-state index is 5.32. The lowest BCUT2D eigenvalue weighted by atomic mass is 9.93. The van der Waals surface area contributed by atoms with Crippen LogP contribution in [0.15, 0.2) is 194 Å². The van der Waals surface area contributed by atoms with Gasteiger partial charge in [0.15, 0.2) is 5.82 Å². The number of rotatable bonds is 6. The van der Waals surface area contributed by atoms with E-state index in [1.807, 2.05) is 17.4 Å². The zero-order chi connectivity index (χ0) is 35.1. The van der Waals surface area contributed by atoms with E-state index in [0.717, 1.165) is 50.3 Å². The zero-order valence-electron chi connectivity index (χ0n) is 28.8. The second kappa shape index (κ2) is 13.1. The Morgan fingerprint density at radius 2 is 0.849 bits per heavy atom. The minimum absolute atomic E-state index is 0.697. The van der Waals surface area contributed by atoms with Crippen LogP contribution < -0.4 is 0 Å². The molecule has 0 N–H and O–H groups in total. The molecule has 2 nitrogen and oxygen atoms in total. The summed E-state index contributed by atoms with van der Waals surface area (Å²) in [5, 5.41) is 4.94. The summed E-state index contributed by atoms with van der Waals surface area (Å²) in [7, 11) is 0. The van der Waals surface area contributed by atoms with Gasteiger partial charge in [0.05, 0.1) is 11.4 Å². The van der Waals surface area contributed by atoms with Gasteiger partial charge in [-0.1, -0.05) is 152 Å². The highest BCUT2D eigenvalue weighted by Crippen LogP contribution is 2.39. The standard InChI is InChI=1S/C50H32N2S/c1-3-12-33(13-4-1)35-22-24-37(25-23-35)50-51-46(32-47(52-50)43-20-11-17-36-16-7-8-18-42(36)43)41-29-39(34-14-5-2-6-15-34)28-40(30-41)38-26-27-49-45(31-38)44-19-9-10-21-48(44)53-49/h1-32H. The van der Waals surface area contributed by atoms with Crippen molar-refractivity contribution in [2.75, 3.05) is 0 Å². The van der Waals surface area contributed by atoms with E-state index in [1.54, 1.807) is 0 Å². The smallest absolute Gasteiger partial charge is 0.160 e. The van der Waals surface area contributed by atoms with Crippen LogP contribution in [0.5, 0.6) is 0 Å². The lowest BCUT2D eigenvalue weighted by Crippen LogP contribution is -1.97. The van der Waals surface area contributed by atoms with Crippen LogP contribution in [0.2, 0.25) is 0 Å². The van der Waals surface area contributed by atoms with Crippen LogP contribution in [0.1, 0.15) is 0 Å². The Balaban J connectivity index is 1.18. The van der Waals surface area contributed by atoms with Crippen molar-refractivity contribution in [3.63, 3.8) is 0 Å². The predicted octanol–water partition coefficient (Wildman–Crippen LogP) is 14.0. The predicted molar refractivity (Wildman–Crippen MR) is 225 cm³/mol. The summed E-state index contributed by atoms with van der Waals surface area (Å²) >= 11 is 1.85. The molecule has 0 saturated carbocycles. The molecule has 0 unspecified atom stereocenters. The van der Waals surface area contributed by atoms with Crippen molar-refractivity contribution in [1.82, 2.24) is 9.97 Å². The molecule has 8 aromatic carbocycles. The van der Waals surface area contributed by atoms with Gasteiger partial charge < -0.3 is 0 Å². The third kappa shape index (κ3) is 5.87. The van der Waals surface area contributed by atoms with Gasteiger partial charge in [-0.25, -0.2) is 9.97 Å². The number of aromatic nitrogens is 2. The summed E-state index contributed by atoms with van der Waals surface area (Å²) in [5.74, 6) is 0.697. The highest BCUT2D eigenvalue weighted by Gasteiger charge is 2.16. The summed E-state index contributed by atoms with van der Waals surface area (Å²) in [5.41, 5.74) is 11.9. The molecule has 10 aromatic rings. The summed E-state index contributed by atoms with van der Waals surface area (Å²) in [6, 6.07) is 69.3. The normalized spacial score (nSPS) is 11.4. The van der Waals surface area contributed by atoms with E-state index in [9.17, 15) is 0 Å². The van der Waals surface area contributed by atoms with Crippen LogP contribution >= 0.6 is 11.3 Å². The van der Waals surface area contributed by atoms with Crippen molar-refractivity contribution in [2.45, 2.75) is 0 Å². The molecule has 0 spiro atoms. The molecule has 0 bridgehead atoms. The molecule has 0 radical (unpaired) electrons. The molecule has 0 amide bonds. The Bertz CT molecular complexity index is 2920. The van der Waals surface area contributed by atoms with Crippen LogP contribution in [0.3, 0.4) is 0 Å². The van der Waals surface area contributed by atoms with E-state index in [1.165, 1.54) is 42.1 Å². The van der Waals surface area contributed by atoms with Crippen LogP contribution in [-0.2, 0) is 0 Å². The highest BCUT2D eigenvalue weighted by molar-refractivity contribution is 7.25. The fourth-order valence-electron chi connectivity index (χ4n) is 7.40. The van der Waals surface area contributed by atoms with Crippen LogP contribution in [0.4, 0.5) is 0 Å². The first-order chi connectivity index (χ1) is 26.2. The molecule has 0 saturated heterocycles. The summed E-state index contributed by atoms with van der Waals surface area (Å²) in [6.45, 7) is 0. The first-order valence-electron chi connectivity index (χ1n) is 17.9. The summed E-state index contributed by atoms with van der Waals surface area (Å²) in [6.07, 6.45) is 0. The van der Waals surface area contributed by atoms with Gasteiger partial charge >= 0.3 is 0 Å². The SMILES string of the molecule is c1ccc(-c2ccc(-c3nc(-c4cc(-c5ccccc5)cc(-c5ccc6sc7ccccc7c6c5)c4)cc(-c4cccc5ccccc45)n3)cc2)cc1. The molecule has 0 aliphatic heterocycles. The molecule has 53 heavy (non-hydrogen) atoms. The van der Waals surface area contributed by atoms with E-state index in [2.05, 4.69) is 188 Å². The molecule has 2 aromatic heterocycles. The first-order valence-corrected chi connectivity index (χ1v) is 18.7. The highest BCUT2D eigenvalue weighted by atomic mass is 32.1. The minimum atomic E-state index is 0.697. The van der Waals surface area contributed by atoms with E-state index < -0.39 is 0 Å². The Morgan fingerprint density at radius 3 is 1.64 bits per heavy atom. The number of thiophene rings is 1. The Labute approximate surface area is 312 Å². The lowest BCUT2D eigenvalue weighted by Gasteiger charge is -2.14. The quantitative estimate of drug-likeness (QED) is 0.173. The molecule has 0 aliphatic rings. The molecule has 0 fully saturated rings. The van der Waals surface area contributed by atoms with Crippen molar-refractivity contribution in [2.24, 2.45) is 0 Å². The van der Waals surface area contributed by atoms with Gasteiger partial charge in [-0.2, -0.15) is 0 Å². The minimum Gasteiger partial charge on any atom is -0.228 e. The van der Waals surface area contributed by atoms with Crippen molar-refractivity contribution >= 4 is 42.3 Å². The zero-order valence-corrected chi connectivity index (χ0v) is 29.6. The van der Waals surface area contributed by atoms with E-state index in [-0.39, 0.29) is 0 Å². The third-order valence-corrected chi connectivity index (χ3v) is 11.2. The van der Waals surface area contributed by atoms with E-state index >= 15 is 0 Å². The Kier molecular flexibility index (Phi) is 7.71. The Hall–Kier alpha value is -6.68. The molecule has 0 aliphatic carbocycles. The lowest BCUT2D eigenvalue weighted by molar-refractivity contribution is 1.18. The molecular formula is C50H32N2S. The first kappa shape index (κ1) is 31.1. The molecule has 2 heterocycles. The number of hydrogen-bond donors (Lipinski definition) is 0. The summed E-state index contributed by atoms with van der Waals surface area (Å²) in [4.78, 5) is 10.6. The fraction of sp³-hybridized carbons (Fsp3) is 0. The maximum atomic E-state index is 5.32. The maximum Gasteiger partial charge on any atom is 0.160 e. The second-order valence-electron chi connectivity index (χ2n) is 13.4. The van der Waals surface area contributed by atoms with Crippen molar-refractivity contribution in [3.05, 3.63) is 194 Å².